The van der Waals surface area contributed by atoms with Gasteiger partial charge in [-0.25, -0.2) is 0 Å². The third kappa shape index (κ3) is 2.70. The Kier molecular flexibility index (Phi) is 4.13. The van der Waals surface area contributed by atoms with Crippen molar-refractivity contribution in [1.29, 1.82) is 0 Å². The molecule has 0 bridgehead atoms. The molecule has 1 atom stereocenters. The zero-order chi connectivity index (χ0) is 15.7. The number of methoxy groups -OCH3 is 1. The first-order valence-corrected chi connectivity index (χ1v) is 6.51. The average molecular weight is 302 g/mol. The number of nitrogens with zero attached hydrogens (tertiary/aromatic N) is 1. The number of amides is 1. The van der Waals surface area contributed by atoms with Crippen LogP contribution in [0.25, 0.3) is 0 Å². The molecule has 21 heavy (non-hydrogen) atoms. The van der Waals surface area contributed by atoms with E-state index in [1.165, 1.54) is 14.2 Å². The lowest BCUT2D eigenvalue weighted by Gasteiger charge is -2.33. The number of halogens is 3. The molecular weight excluding hydrogens is 285 g/mol. The number of rotatable bonds is 3. The second-order valence-electron chi connectivity index (χ2n) is 5.07. The second kappa shape index (κ2) is 5.55. The molecule has 0 aliphatic carbocycles. The Balaban J connectivity index is 2.28. The Morgan fingerprint density at radius 2 is 1.95 bits per heavy atom. The first kappa shape index (κ1) is 15.6. The van der Waals surface area contributed by atoms with Crippen molar-refractivity contribution in [3.63, 3.8) is 0 Å². The van der Waals surface area contributed by atoms with Gasteiger partial charge in [0.2, 0.25) is 5.91 Å². The summed E-state index contributed by atoms with van der Waals surface area (Å²) in [5.41, 5.74) is -1.95. The van der Waals surface area contributed by atoms with Crippen molar-refractivity contribution in [2.24, 2.45) is 5.41 Å². The van der Waals surface area contributed by atoms with Gasteiger partial charge >= 0.3 is 6.18 Å². The predicted molar refractivity (Wildman–Crippen MR) is 72.4 cm³/mol. The van der Waals surface area contributed by atoms with E-state index in [2.05, 4.69) is 5.32 Å². The molecule has 1 aromatic carbocycles. The molecule has 116 valence electrons. The van der Waals surface area contributed by atoms with Crippen LogP contribution in [0.3, 0.4) is 0 Å². The third-order valence-corrected chi connectivity index (χ3v) is 3.87. The number of anilines is 1. The van der Waals surface area contributed by atoms with Crippen LogP contribution >= 0.6 is 0 Å². The number of benzene rings is 1. The summed E-state index contributed by atoms with van der Waals surface area (Å²) in [7, 11) is 2.85. The Morgan fingerprint density at radius 1 is 1.33 bits per heavy atom. The summed E-state index contributed by atoms with van der Waals surface area (Å²) in [4.78, 5) is 13.5. The third-order valence-electron chi connectivity index (χ3n) is 3.87. The van der Waals surface area contributed by atoms with Crippen molar-refractivity contribution >= 4 is 11.6 Å². The van der Waals surface area contributed by atoms with E-state index in [0.717, 1.165) is 4.90 Å². The van der Waals surface area contributed by atoms with E-state index in [0.29, 0.717) is 11.4 Å². The minimum absolute atomic E-state index is 0.182. The lowest BCUT2D eigenvalue weighted by Crippen LogP contribution is -2.52. The summed E-state index contributed by atoms with van der Waals surface area (Å²) in [6, 6.07) is 6.32. The number of carbonyl (C=O) groups is 1. The van der Waals surface area contributed by atoms with Crippen LogP contribution in [0, 0.1) is 5.41 Å². The van der Waals surface area contributed by atoms with Gasteiger partial charge in [0.1, 0.15) is 5.75 Å². The smallest absolute Gasteiger partial charge is 0.404 e. The number of carbonyl (C=O) groups excluding carboxylic acids is 1. The quantitative estimate of drug-likeness (QED) is 0.930. The van der Waals surface area contributed by atoms with Crippen molar-refractivity contribution in [1.82, 2.24) is 5.32 Å². The van der Waals surface area contributed by atoms with Crippen LogP contribution in [0.1, 0.15) is 6.42 Å². The predicted octanol–water partition coefficient (Wildman–Crippen LogP) is 2.20. The number of hydrogen-bond donors (Lipinski definition) is 1. The summed E-state index contributed by atoms with van der Waals surface area (Å²) in [6.07, 6.45) is -4.82. The largest absolute Gasteiger partial charge is 0.497 e. The van der Waals surface area contributed by atoms with E-state index in [1.54, 1.807) is 24.3 Å². The van der Waals surface area contributed by atoms with Crippen LogP contribution in [0.5, 0.6) is 5.75 Å². The fraction of sp³-hybridized carbons (Fsp3) is 0.500. The molecule has 4 nitrogen and oxygen atoms in total. The van der Waals surface area contributed by atoms with Gasteiger partial charge in [-0.15, -0.1) is 0 Å². The molecule has 1 aromatic rings. The molecule has 1 aliphatic rings. The molecule has 0 radical (unpaired) electrons. The van der Waals surface area contributed by atoms with Gasteiger partial charge in [-0.05, 0) is 37.2 Å². The van der Waals surface area contributed by atoms with Gasteiger partial charge in [0.25, 0.3) is 0 Å². The number of hydrogen-bond acceptors (Lipinski definition) is 3. The Hall–Kier alpha value is -1.76. The van der Waals surface area contributed by atoms with Crippen LogP contribution in [-0.4, -0.2) is 39.3 Å². The van der Waals surface area contributed by atoms with Crippen LogP contribution in [0.2, 0.25) is 0 Å². The second-order valence-corrected chi connectivity index (χ2v) is 5.07. The first-order chi connectivity index (χ1) is 9.82. The molecule has 7 heteroatoms. The van der Waals surface area contributed by atoms with Crippen molar-refractivity contribution in [2.45, 2.75) is 12.6 Å². The maximum atomic E-state index is 13.4. The molecule has 0 spiro atoms. The van der Waals surface area contributed by atoms with Crippen molar-refractivity contribution in [3.05, 3.63) is 24.3 Å². The van der Waals surface area contributed by atoms with Gasteiger partial charge < -0.3 is 15.0 Å². The Morgan fingerprint density at radius 3 is 2.38 bits per heavy atom. The standard InChI is InChI=1S/C14H17F3N2O2/c1-19(10-3-5-11(21-2)6-4-10)12(20)13(14(15,16)17)7-8-18-9-13/h3-6,18H,7-9H2,1-2H3. The lowest BCUT2D eigenvalue weighted by atomic mass is 9.84. The van der Waals surface area contributed by atoms with Crippen molar-refractivity contribution in [3.8, 4) is 5.75 Å². The van der Waals surface area contributed by atoms with E-state index in [-0.39, 0.29) is 19.5 Å². The maximum absolute atomic E-state index is 13.4. The normalized spacial score (nSPS) is 22.1. The van der Waals surface area contributed by atoms with Crippen molar-refractivity contribution < 1.29 is 22.7 Å². The highest BCUT2D eigenvalue weighted by atomic mass is 19.4. The summed E-state index contributed by atoms with van der Waals surface area (Å²) in [6.45, 7) is -0.197. The number of alkyl halides is 3. The minimum Gasteiger partial charge on any atom is -0.497 e. The highest BCUT2D eigenvalue weighted by molar-refractivity contribution is 5.98. The van der Waals surface area contributed by atoms with E-state index in [1.807, 2.05) is 0 Å². The highest BCUT2D eigenvalue weighted by Gasteiger charge is 2.62. The molecular formula is C14H17F3N2O2. The molecule has 1 heterocycles. The van der Waals surface area contributed by atoms with Gasteiger partial charge in [0.05, 0.1) is 7.11 Å². The van der Waals surface area contributed by atoms with Gasteiger partial charge in [0, 0.05) is 19.3 Å². The summed E-state index contributed by atoms with van der Waals surface area (Å²) in [5.74, 6) is -0.363. The summed E-state index contributed by atoms with van der Waals surface area (Å²) < 4.78 is 45.1. The topological polar surface area (TPSA) is 41.6 Å². The summed E-state index contributed by atoms with van der Waals surface area (Å²) >= 11 is 0. The van der Waals surface area contributed by atoms with Crippen LogP contribution in [0.15, 0.2) is 24.3 Å². The molecule has 1 saturated heterocycles. The van der Waals surface area contributed by atoms with Crippen LogP contribution in [0.4, 0.5) is 18.9 Å². The van der Waals surface area contributed by atoms with E-state index >= 15 is 0 Å². The van der Waals surface area contributed by atoms with Gasteiger partial charge in [-0.3, -0.25) is 4.79 Å². The van der Waals surface area contributed by atoms with Gasteiger partial charge in [0.15, 0.2) is 5.41 Å². The zero-order valence-electron chi connectivity index (χ0n) is 11.8. The van der Waals surface area contributed by atoms with E-state index < -0.39 is 17.5 Å². The number of nitrogens with one attached hydrogen (secondary N) is 1. The van der Waals surface area contributed by atoms with Crippen molar-refractivity contribution in [2.75, 3.05) is 32.1 Å². The molecule has 2 rings (SSSR count). The lowest BCUT2D eigenvalue weighted by molar-refractivity contribution is -0.214. The fourth-order valence-corrected chi connectivity index (χ4v) is 2.48. The molecule has 0 aromatic heterocycles. The first-order valence-electron chi connectivity index (χ1n) is 6.51. The van der Waals surface area contributed by atoms with Gasteiger partial charge in [-0.1, -0.05) is 0 Å². The highest BCUT2D eigenvalue weighted by Crippen LogP contribution is 2.44. The fourth-order valence-electron chi connectivity index (χ4n) is 2.48. The molecule has 1 fully saturated rings. The minimum atomic E-state index is -4.58. The van der Waals surface area contributed by atoms with Crippen LogP contribution < -0.4 is 15.0 Å². The molecule has 0 saturated carbocycles. The van der Waals surface area contributed by atoms with Crippen LogP contribution in [-0.2, 0) is 4.79 Å². The molecule has 1 N–H and O–H groups in total. The molecule has 1 amide bonds. The molecule has 1 unspecified atom stereocenters. The number of ether oxygens (including phenoxy) is 1. The summed E-state index contributed by atoms with van der Waals surface area (Å²) in [5, 5.41) is 2.64. The van der Waals surface area contributed by atoms with E-state index in [4.69, 9.17) is 4.74 Å². The average Bonchev–Trinajstić information content (AvgIpc) is 2.96. The SMILES string of the molecule is COc1ccc(N(C)C(=O)C2(C(F)(F)F)CCNC2)cc1. The Labute approximate surface area is 120 Å². The van der Waals surface area contributed by atoms with Gasteiger partial charge in [-0.2, -0.15) is 13.2 Å². The zero-order valence-corrected chi connectivity index (χ0v) is 11.8. The maximum Gasteiger partial charge on any atom is 0.404 e. The van der Waals surface area contributed by atoms with E-state index in [9.17, 15) is 18.0 Å². The monoisotopic (exact) mass is 302 g/mol. The molecule has 1 aliphatic heterocycles. The Bertz CT molecular complexity index is 508.